The van der Waals surface area contributed by atoms with Gasteiger partial charge in [0.15, 0.2) is 0 Å². The molecule has 2 unspecified atom stereocenters. The molecule has 0 heterocycles. The number of hydrogen-bond donors (Lipinski definition) is 3. The van der Waals surface area contributed by atoms with Crippen LogP contribution in [-0.2, 0) is 14.3 Å². The lowest BCUT2D eigenvalue weighted by molar-refractivity contribution is -0.143. The van der Waals surface area contributed by atoms with E-state index in [-0.39, 0.29) is 18.5 Å². The lowest BCUT2D eigenvalue weighted by Gasteiger charge is -2.22. The molecule has 6 heteroatoms. The highest BCUT2D eigenvalue weighted by Crippen LogP contribution is 2.17. The third-order valence-electron chi connectivity index (χ3n) is 13.2. The minimum atomic E-state index is -0.680. The Balaban J connectivity index is 3.52. The molecule has 0 bridgehead atoms. The maximum Gasteiger partial charge on any atom is 0.305 e. The average molecular weight is 915 g/mol. The molecule has 6 nitrogen and oxygen atoms in total. The average Bonchev–Trinajstić information content (AvgIpc) is 3.31. The maximum atomic E-state index is 12.5. The van der Waals surface area contributed by atoms with E-state index >= 15 is 0 Å². The number of carbonyl (C=O) groups excluding carboxylic acids is 2. The SMILES string of the molecule is CCCCC/C=C\CCCCCCCC(=O)OCCCCC/C=C\C=C/CCCCCCCCC(=O)NC(CO)C(O)CCCCCCCCCCCCCCCCCCCCCCC. The summed E-state index contributed by atoms with van der Waals surface area (Å²) in [4.78, 5) is 24.5. The number of esters is 1. The van der Waals surface area contributed by atoms with Crippen LogP contribution in [0.25, 0.3) is 0 Å². The van der Waals surface area contributed by atoms with Gasteiger partial charge in [-0.05, 0) is 83.5 Å². The van der Waals surface area contributed by atoms with E-state index in [1.165, 1.54) is 193 Å². The van der Waals surface area contributed by atoms with Gasteiger partial charge >= 0.3 is 5.97 Å². The molecule has 2 atom stereocenters. The first-order valence-corrected chi connectivity index (χ1v) is 28.8. The van der Waals surface area contributed by atoms with Gasteiger partial charge < -0.3 is 20.3 Å². The standard InChI is InChI=1S/C59H111NO5/c1-3-5-7-9-11-13-15-17-18-19-20-21-22-23-25-28-31-35-39-43-47-51-57(62)56(55-61)60-58(63)52-48-44-40-36-32-29-26-24-27-30-34-38-42-46-50-54-65-59(64)53-49-45-41-37-33-16-14-12-10-8-6-4-2/h12,14,24,27,30,34,56-57,61-62H,3-11,13,15-23,25-26,28-29,31-33,35-55H2,1-2H3,(H,60,63)/b14-12-,27-24-,34-30-. The second-order valence-corrected chi connectivity index (χ2v) is 19.6. The second kappa shape index (κ2) is 54.7. The smallest absolute Gasteiger partial charge is 0.305 e. The first kappa shape index (κ1) is 63.1. The molecule has 0 aliphatic carbocycles. The fourth-order valence-corrected chi connectivity index (χ4v) is 8.74. The highest BCUT2D eigenvalue weighted by atomic mass is 16.5. The molecule has 0 fully saturated rings. The van der Waals surface area contributed by atoms with Crippen LogP contribution in [0.1, 0.15) is 303 Å². The molecule has 0 aromatic heterocycles. The number of carbonyl (C=O) groups is 2. The minimum Gasteiger partial charge on any atom is -0.466 e. The maximum absolute atomic E-state index is 12.5. The number of aliphatic hydroxyl groups excluding tert-OH is 2. The summed E-state index contributed by atoms with van der Waals surface area (Å²) in [5.41, 5.74) is 0. The largest absolute Gasteiger partial charge is 0.466 e. The number of nitrogens with one attached hydrogen (secondary N) is 1. The number of aliphatic hydroxyl groups is 2. The van der Waals surface area contributed by atoms with Crippen LogP contribution in [0.4, 0.5) is 0 Å². The van der Waals surface area contributed by atoms with E-state index in [9.17, 15) is 19.8 Å². The number of amides is 1. The molecule has 0 aromatic rings. The van der Waals surface area contributed by atoms with Crippen LogP contribution >= 0.6 is 0 Å². The van der Waals surface area contributed by atoms with Crippen molar-refractivity contribution < 1.29 is 24.5 Å². The summed E-state index contributed by atoms with van der Waals surface area (Å²) in [6, 6.07) is -0.559. The Morgan fingerprint density at radius 3 is 1.22 bits per heavy atom. The molecule has 0 aromatic carbocycles. The Morgan fingerprint density at radius 2 is 0.769 bits per heavy atom. The van der Waals surface area contributed by atoms with E-state index in [4.69, 9.17) is 4.74 Å². The van der Waals surface area contributed by atoms with Crippen LogP contribution in [0.3, 0.4) is 0 Å². The van der Waals surface area contributed by atoms with Crippen LogP contribution in [0.5, 0.6) is 0 Å². The topological polar surface area (TPSA) is 95.9 Å². The monoisotopic (exact) mass is 914 g/mol. The highest BCUT2D eigenvalue weighted by Gasteiger charge is 2.20. The number of hydrogen-bond acceptors (Lipinski definition) is 5. The molecule has 0 saturated heterocycles. The zero-order valence-electron chi connectivity index (χ0n) is 43.5. The predicted molar refractivity (Wildman–Crippen MR) is 283 cm³/mol. The van der Waals surface area contributed by atoms with E-state index in [2.05, 4.69) is 55.6 Å². The Morgan fingerprint density at radius 1 is 0.431 bits per heavy atom. The zero-order valence-corrected chi connectivity index (χ0v) is 43.5. The van der Waals surface area contributed by atoms with E-state index in [0.717, 1.165) is 77.0 Å². The molecule has 3 N–H and O–H groups in total. The van der Waals surface area contributed by atoms with Crippen LogP contribution in [-0.4, -0.2) is 47.4 Å². The van der Waals surface area contributed by atoms with Gasteiger partial charge in [0.1, 0.15) is 0 Å². The highest BCUT2D eigenvalue weighted by molar-refractivity contribution is 5.76. The van der Waals surface area contributed by atoms with E-state index < -0.39 is 12.1 Å². The molecule has 0 aliphatic heterocycles. The Labute approximate surface area is 404 Å². The van der Waals surface area contributed by atoms with Crippen molar-refractivity contribution >= 4 is 11.9 Å². The van der Waals surface area contributed by atoms with Crippen molar-refractivity contribution in [1.82, 2.24) is 5.32 Å². The lowest BCUT2D eigenvalue weighted by Crippen LogP contribution is -2.45. The van der Waals surface area contributed by atoms with Gasteiger partial charge in [0.2, 0.25) is 5.91 Å². The fourth-order valence-electron chi connectivity index (χ4n) is 8.74. The van der Waals surface area contributed by atoms with E-state index in [1.54, 1.807) is 0 Å². The fraction of sp³-hybridized carbons (Fsp3) is 0.864. The van der Waals surface area contributed by atoms with Crippen LogP contribution in [0, 0.1) is 0 Å². The predicted octanol–water partition coefficient (Wildman–Crippen LogP) is 17.6. The van der Waals surface area contributed by atoms with Crippen molar-refractivity contribution in [3.63, 3.8) is 0 Å². The summed E-state index contributed by atoms with van der Waals surface area (Å²) in [5, 5.41) is 23.3. The molecule has 1 amide bonds. The molecule has 0 rings (SSSR count). The van der Waals surface area contributed by atoms with Gasteiger partial charge in [-0.3, -0.25) is 9.59 Å². The Kier molecular flexibility index (Phi) is 53.1. The van der Waals surface area contributed by atoms with Crippen LogP contribution in [0.2, 0.25) is 0 Å². The summed E-state index contributed by atoms with van der Waals surface area (Å²) in [5.74, 6) is -0.0875. The van der Waals surface area contributed by atoms with Crippen molar-refractivity contribution in [3.8, 4) is 0 Å². The number of allylic oxidation sites excluding steroid dienone is 6. The second-order valence-electron chi connectivity index (χ2n) is 19.6. The van der Waals surface area contributed by atoms with Gasteiger partial charge in [0.25, 0.3) is 0 Å². The molecular formula is C59H111NO5. The van der Waals surface area contributed by atoms with Crippen LogP contribution < -0.4 is 5.32 Å². The minimum absolute atomic E-state index is 0.0316. The summed E-state index contributed by atoms with van der Waals surface area (Å²) < 4.78 is 5.43. The van der Waals surface area contributed by atoms with Gasteiger partial charge in [-0.15, -0.1) is 0 Å². The quantitative estimate of drug-likeness (QED) is 0.0244. The summed E-state index contributed by atoms with van der Waals surface area (Å²) in [7, 11) is 0. The summed E-state index contributed by atoms with van der Waals surface area (Å²) in [6.07, 6.45) is 67.0. The Bertz CT molecular complexity index is 1060. The molecular weight excluding hydrogens is 803 g/mol. The number of unbranched alkanes of at least 4 members (excludes halogenated alkanes) is 37. The van der Waals surface area contributed by atoms with Crippen molar-refractivity contribution in [2.75, 3.05) is 13.2 Å². The van der Waals surface area contributed by atoms with E-state index in [1.807, 2.05) is 0 Å². The molecule has 382 valence electrons. The third-order valence-corrected chi connectivity index (χ3v) is 13.2. The number of ether oxygens (including phenoxy) is 1. The lowest BCUT2D eigenvalue weighted by atomic mass is 10.0. The molecule has 0 saturated carbocycles. The molecule has 65 heavy (non-hydrogen) atoms. The van der Waals surface area contributed by atoms with Crippen molar-refractivity contribution in [1.29, 1.82) is 0 Å². The van der Waals surface area contributed by atoms with Gasteiger partial charge in [0.05, 0.1) is 25.4 Å². The third kappa shape index (κ3) is 51.3. The van der Waals surface area contributed by atoms with Crippen molar-refractivity contribution in [2.45, 2.75) is 315 Å². The molecule has 0 aliphatic rings. The van der Waals surface area contributed by atoms with Gasteiger partial charge in [-0.1, -0.05) is 243 Å². The summed E-state index contributed by atoms with van der Waals surface area (Å²) in [6.45, 7) is 4.88. The van der Waals surface area contributed by atoms with E-state index in [0.29, 0.717) is 25.9 Å². The Hall–Kier alpha value is -1.92. The normalized spacial score (nSPS) is 12.9. The summed E-state index contributed by atoms with van der Waals surface area (Å²) >= 11 is 0. The van der Waals surface area contributed by atoms with Crippen molar-refractivity contribution in [3.05, 3.63) is 36.5 Å². The first-order chi connectivity index (χ1) is 32.0. The van der Waals surface area contributed by atoms with Crippen molar-refractivity contribution in [2.24, 2.45) is 0 Å². The first-order valence-electron chi connectivity index (χ1n) is 28.8. The number of rotatable bonds is 53. The van der Waals surface area contributed by atoms with Gasteiger partial charge in [-0.2, -0.15) is 0 Å². The van der Waals surface area contributed by atoms with Gasteiger partial charge in [0, 0.05) is 12.8 Å². The van der Waals surface area contributed by atoms with Gasteiger partial charge in [-0.25, -0.2) is 0 Å². The molecule has 0 spiro atoms. The van der Waals surface area contributed by atoms with Crippen LogP contribution in [0.15, 0.2) is 36.5 Å². The zero-order chi connectivity index (χ0) is 47.2. The molecule has 0 radical (unpaired) electrons.